The van der Waals surface area contributed by atoms with Gasteiger partial charge in [0.1, 0.15) is 6.10 Å². The predicted octanol–water partition coefficient (Wildman–Crippen LogP) is -1.38. The molecule has 9 heteroatoms. The molecule has 2 aliphatic rings. The highest BCUT2D eigenvalue weighted by Gasteiger charge is 2.43. The van der Waals surface area contributed by atoms with Crippen molar-refractivity contribution >= 4 is 17.8 Å². The second-order valence-corrected chi connectivity index (χ2v) is 5.81. The van der Waals surface area contributed by atoms with Crippen LogP contribution in [0.1, 0.15) is 6.42 Å². The molecule has 1 aliphatic carbocycles. The molecule has 1 fully saturated rings. The van der Waals surface area contributed by atoms with E-state index in [0.717, 1.165) is 4.90 Å². The topological polar surface area (TPSA) is 117 Å². The first-order valence-electron chi connectivity index (χ1n) is 7.75. The van der Waals surface area contributed by atoms with E-state index in [0.29, 0.717) is 13.0 Å². The van der Waals surface area contributed by atoms with E-state index in [-0.39, 0.29) is 36.9 Å². The number of aliphatic hydroxyl groups excluding tert-OH is 1. The maximum atomic E-state index is 12.0. The molecule has 0 saturated heterocycles. The number of urea groups is 1. The SMILES string of the molecule is COC[C@H]1C[C@@H](NC(=O)NCCN2C(=O)C=CC2=O)[C@@H](OC)C1O. The molecule has 0 spiro atoms. The normalized spacial score (nSPS) is 29.4. The largest absolute Gasteiger partial charge is 0.390 e. The summed E-state index contributed by atoms with van der Waals surface area (Å²) < 4.78 is 10.3. The fraction of sp³-hybridized carbons (Fsp3) is 0.667. The fourth-order valence-corrected chi connectivity index (χ4v) is 3.08. The summed E-state index contributed by atoms with van der Waals surface area (Å²) in [4.78, 5) is 35.8. The van der Waals surface area contributed by atoms with Crippen LogP contribution < -0.4 is 10.6 Å². The second kappa shape index (κ2) is 8.22. The first kappa shape index (κ1) is 18.4. The zero-order chi connectivity index (χ0) is 17.7. The Bertz CT molecular complexity index is 505. The molecule has 4 amide bonds. The van der Waals surface area contributed by atoms with Gasteiger partial charge in [-0.05, 0) is 6.42 Å². The molecular formula is C15H23N3O6. The predicted molar refractivity (Wildman–Crippen MR) is 83.0 cm³/mol. The van der Waals surface area contributed by atoms with Crippen LogP contribution in [-0.4, -0.2) is 80.0 Å². The number of amides is 4. The van der Waals surface area contributed by atoms with Gasteiger partial charge in [0.2, 0.25) is 0 Å². The van der Waals surface area contributed by atoms with Gasteiger partial charge in [-0.1, -0.05) is 0 Å². The first-order chi connectivity index (χ1) is 11.5. The highest BCUT2D eigenvalue weighted by Crippen LogP contribution is 2.28. The molecule has 0 bridgehead atoms. The lowest BCUT2D eigenvalue weighted by Crippen LogP contribution is -2.49. The molecule has 1 unspecified atom stereocenters. The number of hydrogen-bond donors (Lipinski definition) is 3. The summed E-state index contributed by atoms with van der Waals surface area (Å²) in [7, 11) is 3.03. The summed E-state index contributed by atoms with van der Waals surface area (Å²) in [5, 5.41) is 15.5. The molecule has 1 heterocycles. The Kier molecular flexibility index (Phi) is 6.29. The lowest BCUT2D eigenvalue weighted by Gasteiger charge is -2.22. The Balaban J connectivity index is 1.77. The number of nitrogens with one attached hydrogen (secondary N) is 2. The Hall–Kier alpha value is -1.97. The van der Waals surface area contributed by atoms with Crippen LogP contribution in [0.3, 0.4) is 0 Å². The quantitative estimate of drug-likeness (QED) is 0.492. The third-order valence-electron chi connectivity index (χ3n) is 4.26. The molecule has 0 aromatic heterocycles. The maximum absolute atomic E-state index is 12.0. The molecule has 24 heavy (non-hydrogen) atoms. The van der Waals surface area contributed by atoms with E-state index in [9.17, 15) is 19.5 Å². The van der Waals surface area contributed by atoms with Crippen molar-refractivity contribution in [1.29, 1.82) is 0 Å². The monoisotopic (exact) mass is 341 g/mol. The number of imide groups is 1. The highest BCUT2D eigenvalue weighted by molar-refractivity contribution is 6.12. The van der Waals surface area contributed by atoms with Crippen molar-refractivity contribution in [2.45, 2.75) is 24.7 Å². The smallest absolute Gasteiger partial charge is 0.315 e. The minimum absolute atomic E-state index is 0.103. The summed E-state index contributed by atoms with van der Waals surface area (Å²) in [6.45, 7) is 0.623. The number of ether oxygens (including phenoxy) is 2. The molecule has 9 nitrogen and oxygen atoms in total. The minimum atomic E-state index is -0.717. The van der Waals surface area contributed by atoms with Crippen LogP contribution in [0.5, 0.6) is 0 Å². The van der Waals surface area contributed by atoms with E-state index in [1.807, 2.05) is 0 Å². The van der Waals surface area contributed by atoms with Gasteiger partial charge < -0.3 is 25.2 Å². The summed E-state index contributed by atoms with van der Waals surface area (Å²) in [5.41, 5.74) is 0. The number of rotatable bonds is 7. The van der Waals surface area contributed by atoms with Crippen LogP contribution >= 0.6 is 0 Å². The molecule has 0 aromatic carbocycles. The van der Waals surface area contributed by atoms with E-state index >= 15 is 0 Å². The standard InChI is InChI=1S/C15H23N3O6/c1-23-8-9-7-10(14(24-2)13(9)21)17-15(22)16-5-6-18-11(19)3-4-12(18)20/h3-4,9-10,13-14,21H,5-8H2,1-2H3,(H2,16,17,22)/t9-,10-,13?,14-/m1/s1. The van der Waals surface area contributed by atoms with Gasteiger partial charge in [0.15, 0.2) is 0 Å². The van der Waals surface area contributed by atoms with E-state index in [2.05, 4.69) is 10.6 Å². The third-order valence-corrected chi connectivity index (χ3v) is 4.26. The zero-order valence-electron chi connectivity index (χ0n) is 13.7. The maximum Gasteiger partial charge on any atom is 0.315 e. The molecule has 4 atom stereocenters. The van der Waals surface area contributed by atoms with Gasteiger partial charge in [-0.15, -0.1) is 0 Å². The van der Waals surface area contributed by atoms with Gasteiger partial charge in [-0.3, -0.25) is 14.5 Å². The average molecular weight is 341 g/mol. The van der Waals surface area contributed by atoms with Crippen molar-refractivity contribution in [3.05, 3.63) is 12.2 Å². The van der Waals surface area contributed by atoms with Crippen molar-refractivity contribution in [3.8, 4) is 0 Å². The molecule has 134 valence electrons. The van der Waals surface area contributed by atoms with Gasteiger partial charge >= 0.3 is 6.03 Å². The molecule has 2 rings (SSSR count). The molecule has 0 aromatic rings. The molecule has 1 saturated carbocycles. The summed E-state index contributed by atoms with van der Waals surface area (Å²) in [6.07, 6.45) is 1.70. The Morgan fingerprint density at radius 3 is 2.58 bits per heavy atom. The van der Waals surface area contributed by atoms with Crippen molar-refractivity contribution in [2.75, 3.05) is 33.9 Å². The van der Waals surface area contributed by atoms with Crippen LogP contribution in [0.2, 0.25) is 0 Å². The Morgan fingerprint density at radius 2 is 2.00 bits per heavy atom. The highest BCUT2D eigenvalue weighted by atomic mass is 16.5. The molecule has 1 aliphatic heterocycles. The second-order valence-electron chi connectivity index (χ2n) is 5.81. The van der Waals surface area contributed by atoms with E-state index in [4.69, 9.17) is 9.47 Å². The number of carbonyl (C=O) groups excluding carboxylic acids is 3. The van der Waals surface area contributed by atoms with Crippen LogP contribution in [0, 0.1) is 5.92 Å². The van der Waals surface area contributed by atoms with Gasteiger partial charge in [-0.2, -0.15) is 0 Å². The van der Waals surface area contributed by atoms with Crippen LogP contribution in [0.25, 0.3) is 0 Å². The van der Waals surface area contributed by atoms with E-state index in [1.54, 1.807) is 7.11 Å². The van der Waals surface area contributed by atoms with Crippen LogP contribution in [0.4, 0.5) is 4.79 Å². The molecule has 3 N–H and O–H groups in total. The summed E-state index contributed by atoms with van der Waals surface area (Å²) >= 11 is 0. The minimum Gasteiger partial charge on any atom is -0.390 e. The van der Waals surface area contributed by atoms with Crippen molar-refractivity contribution in [1.82, 2.24) is 15.5 Å². The van der Waals surface area contributed by atoms with Crippen molar-refractivity contribution in [2.24, 2.45) is 5.92 Å². The molecular weight excluding hydrogens is 318 g/mol. The van der Waals surface area contributed by atoms with Crippen molar-refractivity contribution < 1.29 is 29.0 Å². The number of nitrogens with zero attached hydrogens (tertiary/aromatic N) is 1. The molecule has 0 radical (unpaired) electrons. The fourth-order valence-electron chi connectivity index (χ4n) is 3.08. The number of carbonyl (C=O) groups is 3. The van der Waals surface area contributed by atoms with Gasteiger partial charge in [0, 0.05) is 45.4 Å². The Labute approximate surface area is 140 Å². The number of methoxy groups -OCH3 is 2. The number of hydrogen-bond acceptors (Lipinski definition) is 6. The van der Waals surface area contributed by atoms with E-state index in [1.165, 1.54) is 19.3 Å². The Morgan fingerprint density at radius 1 is 1.33 bits per heavy atom. The first-order valence-corrected chi connectivity index (χ1v) is 7.75. The van der Waals surface area contributed by atoms with E-state index < -0.39 is 18.2 Å². The number of aliphatic hydroxyl groups is 1. The van der Waals surface area contributed by atoms with Gasteiger partial charge in [-0.25, -0.2) is 4.79 Å². The summed E-state index contributed by atoms with van der Waals surface area (Å²) in [5.74, 6) is -0.887. The van der Waals surface area contributed by atoms with Gasteiger partial charge in [0.05, 0.1) is 18.8 Å². The lowest BCUT2D eigenvalue weighted by molar-refractivity contribution is -0.136. The average Bonchev–Trinajstić information content (AvgIpc) is 3.01. The van der Waals surface area contributed by atoms with Crippen molar-refractivity contribution in [3.63, 3.8) is 0 Å². The zero-order valence-corrected chi connectivity index (χ0v) is 13.7. The third kappa shape index (κ3) is 4.11. The summed E-state index contributed by atoms with van der Waals surface area (Å²) in [6, 6.07) is -0.791. The van der Waals surface area contributed by atoms with Crippen LogP contribution in [-0.2, 0) is 19.1 Å². The van der Waals surface area contributed by atoms with Gasteiger partial charge in [0.25, 0.3) is 11.8 Å². The van der Waals surface area contributed by atoms with Crippen LogP contribution in [0.15, 0.2) is 12.2 Å². The lowest BCUT2D eigenvalue weighted by atomic mass is 10.1.